The highest BCUT2D eigenvalue weighted by Crippen LogP contribution is 2.41. The molecule has 0 spiro atoms. The number of benzene rings is 1. The summed E-state index contributed by atoms with van der Waals surface area (Å²) in [5.41, 5.74) is -0.857. The molecule has 0 amide bonds. The third-order valence-corrected chi connectivity index (χ3v) is 3.88. The van der Waals surface area contributed by atoms with E-state index in [-0.39, 0.29) is 10.6 Å². The van der Waals surface area contributed by atoms with Crippen molar-refractivity contribution in [2.75, 3.05) is 0 Å². The Morgan fingerprint density at radius 2 is 1.94 bits per heavy atom. The third kappa shape index (κ3) is 2.04. The average Bonchev–Trinajstić information content (AvgIpc) is 2.33. The second-order valence-electron chi connectivity index (χ2n) is 4.55. The highest BCUT2D eigenvalue weighted by atomic mass is 35.5. The van der Waals surface area contributed by atoms with Gasteiger partial charge in [0.25, 0.3) is 0 Å². The molecule has 17 heavy (non-hydrogen) atoms. The van der Waals surface area contributed by atoms with Crippen LogP contribution in [0.3, 0.4) is 0 Å². The van der Waals surface area contributed by atoms with E-state index >= 15 is 0 Å². The van der Waals surface area contributed by atoms with Gasteiger partial charge in [-0.1, -0.05) is 43.0 Å². The summed E-state index contributed by atoms with van der Waals surface area (Å²) in [6, 6.07) is 4.60. The molecule has 0 heterocycles. The first kappa shape index (κ1) is 12.4. The summed E-state index contributed by atoms with van der Waals surface area (Å²) in [4.78, 5) is 11.5. The van der Waals surface area contributed by atoms with E-state index in [1.165, 1.54) is 6.07 Å². The van der Waals surface area contributed by atoms with E-state index in [1.807, 2.05) is 0 Å². The Hall–Kier alpha value is -1.09. The van der Waals surface area contributed by atoms with Gasteiger partial charge in [0.1, 0.15) is 5.82 Å². The van der Waals surface area contributed by atoms with Crippen molar-refractivity contribution in [1.29, 1.82) is 0 Å². The lowest BCUT2D eigenvalue weighted by atomic mass is 9.69. The van der Waals surface area contributed by atoms with Crippen LogP contribution in [-0.2, 0) is 10.2 Å². The van der Waals surface area contributed by atoms with Crippen LogP contribution < -0.4 is 0 Å². The van der Waals surface area contributed by atoms with Gasteiger partial charge in [0.2, 0.25) is 0 Å². The number of carboxylic acid groups (broad SMARTS) is 1. The van der Waals surface area contributed by atoms with E-state index in [4.69, 9.17) is 11.6 Å². The molecule has 0 saturated heterocycles. The van der Waals surface area contributed by atoms with Crippen molar-refractivity contribution in [3.05, 3.63) is 34.6 Å². The van der Waals surface area contributed by atoms with Crippen LogP contribution in [0.1, 0.15) is 37.7 Å². The van der Waals surface area contributed by atoms with Crippen LogP contribution >= 0.6 is 11.6 Å². The second kappa shape index (κ2) is 4.65. The van der Waals surface area contributed by atoms with Crippen LogP contribution in [0.5, 0.6) is 0 Å². The number of carbonyl (C=O) groups is 1. The molecule has 0 radical (unpaired) electrons. The predicted octanol–water partition coefficient (Wildman–Crippen LogP) is 3.77. The molecule has 1 N–H and O–H groups in total. The predicted molar refractivity (Wildman–Crippen MR) is 63.8 cm³/mol. The minimum atomic E-state index is -1.09. The summed E-state index contributed by atoms with van der Waals surface area (Å²) in [6.07, 6.45) is 3.62. The van der Waals surface area contributed by atoms with Gasteiger partial charge in [-0.15, -0.1) is 0 Å². The smallest absolute Gasteiger partial charge is 0.314 e. The monoisotopic (exact) mass is 256 g/mol. The maximum absolute atomic E-state index is 14.0. The Labute approximate surface area is 104 Å². The van der Waals surface area contributed by atoms with E-state index in [0.717, 1.165) is 19.3 Å². The van der Waals surface area contributed by atoms with Crippen LogP contribution in [-0.4, -0.2) is 11.1 Å². The fourth-order valence-corrected chi connectivity index (χ4v) is 2.80. The zero-order chi connectivity index (χ0) is 12.5. The second-order valence-corrected chi connectivity index (χ2v) is 4.96. The zero-order valence-corrected chi connectivity index (χ0v) is 10.1. The molecule has 0 aliphatic heterocycles. The van der Waals surface area contributed by atoms with Crippen molar-refractivity contribution in [3.63, 3.8) is 0 Å². The lowest BCUT2D eigenvalue weighted by Crippen LogP contribution is -2.38. The van der Waals surface area contributed by atoms with Crippen LogP contribution in [0, 0.1) is 5.82 Å². The summed E-state index contributed by atoms with van der Waals surface area (Å²) in [7, 11) is 0. The highest BCUT2D eigenvalue weighted by Gasteiger charge is 2.43. The molecule has 1 aliphatic rings. The number of rotatable bonds is 2. The maximum Gasteiger partial charge on any atom is 0.314 e. The Morgan fingerprint density at radius 1 is 1.29 bits per heavy atom. The van der Waals surface area contributed by atoms with Crippen molar-refractivity contribution >= 4 is 17.6 Å². The quantitative estimate of drug-likeness (QED) is 0.875. The van der Waals surface area contributed by atoms with Gasteiger partial charge < -0.3 is 5.11 Å². The molecule has 1 aromatic rings. The molecule has 0 aromatic heterocycles. The van der Waals surface area contributed by atoms with E-state index in [1.54, 1.807) is 12.1 Å². The number of carboxylic acids is 1. The molecular formula is C13H14ClFO2. The lowest BCUT2D eigenvalue weighted by molar-refractivity contribution is -0.145. The first-order valence-corrected chi connectivity index (χ1v) is 6.13. The van der Waals surface area contributed by atoms with Gasteiger partial charge in [-0.3, -0.25) is 4.79 Å². The number of hydrogen-bond acceptors (Lipinski definition) is 1. The molecule has 1 aliphatic carbocycles. The van der Waals surface area contributed by atoms with Crippen molar-refractivity contribution in [1.82, 2.24) is 0 Å². The average molecular weight is 257 g/mol. The SMILES string of the molecule is O=C(O)C1(c2cccc(Cl)c2F)CCCCC1. The van der Waals surface area contributed by atoms with Crippen LogP contribution in [0.15, 0.2) is 18.2 Å². The van der Waals surface area contributed by atoms with Gasteiger partial charge in [-0.05, 0) is 18.9 Å². The summed E-state index contributed by atoms with van der Waals surface area (Å²) < 4.78 is 14.0. The van der Waals surface area contributed by atoms with Gasteiger partial charge in [0.05, 0.1) is 10.4 Å². The first-order valence-electron chi connectivity index (χ1n) is 5.76. The Bertz CT molecular complexity index is 439. The molecule has 4 heteroatoms. The summed E-state index contributed by atoms with van der Waals surface area (Å²) in [5, 5.41) is 9.44. The zero-order valence-electron chi connectivity index (χ0n) is 9.38. The molecule has 0 bridgehead atoms. The summed E-state index contributed by atoms with van der Waals surface area (Å²) in [6.45, 7) is 0. The Balaban J connectivity index is 2.53. The fraction of sp³-hybridized carbons (Fsp3) is 0.462. The highest BCUT2D eigenvalue weighted by molar-refractivity contribution is 6.30. The largest absolute Gasteiger partial charge is 0.481 e. The standard InChI is InChI=1S/C13H14ClFO2/c14-10-6-4-5-9(11(10)15)13(12(16)17)7-2-1-3-8-13/h4-6H,1-3,7-8H2,(H,16,17). The minimum Gasteiger partial charge on any atom is -0.481 e. The molecule has 92 valence electrons. The molecular weight excluding hydrogens is 243 g/mol. The number of aliphatic carboxylic acids is 1. The third-order valence-electron chi connectivity index (χ3n) is 3.58. The molecule has 2 nitrogen and oxygen atoms in total. The van der Waals surface area contributed by atoms with E-state index in [2.05, 4.69) is 0 Å². The minimum absolute atomic E-state index is 0.00583. The lowest BCUT2D eigenvalue weighted by Gasteiger charge is -2.33. The van der Waals surface area contributed by atoms with Crippen LogP contribution in [0.4, 0.5) is 4.39 Å². The van der Waals surface area contributed by atoms with Crippen molar-refractivity contribution < 1.29 is 14.3 Å². The number of halogens is 2. The van der Waals surface area contributed by atoms with Crippen LogP contribution in [0.2, 0.25) is 5.02 Å². The van der Waals surface area contributed by atoms with E-state index in [9.17, 15) is 14.3 Å². The summed E-state index contributed by atoms with van der Waals surface area (Å²) >= 11 is 5.73. The van der Waals surface area contributed by atoms with Gasteiger partial charge >= 0.3 is 5.97 Å². The maximum atomic E-state index is 14.0. The van der Waals surface area contributed by atoms with Gasteiger partial charge in [0.15, 0.2) is 0 Å². The Morgan fingerprint density at radius 3 is 2.53 bits per heavy atom. The summed E-state index contributed by atoms with van der Waals surface area (Å²) in [5.74, 6) is -1.53. The van der Waals surface area contributed by atoms with Gasteiger partial charge in [0, 0.05) is 5.56 Å². The van der Waals surface area contributed by atoms with Gasteiger partial charge in [-0.2, -0.15) is 0 Å². The van der Waals surface area contributed by atoms with Crippen LogP contribution in [0.25, 0.3) is 0 Å². The topological polar surface area (TPSA) is 37.3 Å². The number of hydrogen-bond donors (Lipinski definition) is 1. The molecule has 1 saturated carbocycles. The van der Waals surface area contributed by atoms with Crippen molar-refractivity contribution in [2.45, 2.75) is 37.5 Å². The molecule has 0 atom stereocenters. The Kier molecular flexibility index (Phi) is 3.38. The first-order chi connectivity index (χ1) is 8.08. The van der Waals surface area contributed by atoms with E-state index < -0.39 is 17.2 Å². The molecule has 1 aromatic carbocycles. The van der Waals surface area contributed by atoms with E-state index in [0.29, 0.717) is 12.8 Å². The normalized spacial score (nSPS) is 18.9. The molecule has 2 rings (SSSR count). The molecule has 0 unspecified atom stereocenters. The molecule has 1 fully saturated rings. The van der Waals surface area contributed by atoms with Crippen molar-refractivity contribution in [2.24, 2.45) is 0 Å². The van der Waals surface area contributed by atoms with Crippen molar-refractivity contribution in [3.8, 4) is 0 Å². The van der Waals surface area contributed by atoms with Gasteiger partial charge in [-0.25, -0.2) is 4.39 Å². The fourth-order valence-electron chi connectivity index (χ4n) is 2.63.